The van der Waals surface area contributed by atoms with Crippen molar-refractivity contribution in [2.75, 3.05) is 98.9 Å². The zero-order valence-corrected chi connectivity index (χ0v) is 31.2. The van der Waals surface area contributed by atoms with Gasteiger partial charge >= 0.3 is 0 Å². The third-order valence-electron chi connectivity index (χ3n) is 8.82. The summed E-state index contributed by atoms with van der Waals surface area (Å²) in [5, 5.41) is 17.9. The SMILES string of the molecule is CN(C)C/C=C/C(=O)Nc1cccc(-c2nc(Nc3cccc(N4CCN(I)CC4)c3)nc3[nH]nc(Nc4ccc(N5CCOCC5)c(F)c4)c23)c1. The van der Waals surface area contributed by atoms with Crippen LogP contribution in [-0.4, -0.2) is 107 Å². The van der Waals surface area contributed by atoms with E-state index in [1.807, 2.05) is 72.4 Å². The highest BCUT2D eigenvalue weighted by Crippen LogP contribution is 2.35. The van der Waals surface area contributed by atoms with Crippen LogP contribution in [0.15, 0.2) is 78.9 Å². The first-order chi connectivity index (χ1) is 25.3. The number of hydrogen-bond donors (Lipinski definition) is 4. The predicted octanol–water partition coefficient (Wildman–Crippen LogP) is 6.01. The summed E-state index contributed by atoms with van der Waals surface area (Å²) in [5.41, 5.74) is 5.43. The maximum absolute atomic E-state index is 15.4. The molecule has 5 aromatic rings. The van der Waals surface area contributed by atoms with Crippen LogP contribution in [0.25, 0.3) is 22.3 Å². The van der Waals surface area contributed by atoms with Crippen molar-refractivity contribution in [3.63, 3.8) is 0 Å². The third kappa shape index (κ3) is 8.61. The normalized spacial score (nSPS) is 15.5. The molecule has 2 aliphatic heterocycles. The van der Waals surface area contributed by atoms with Gasteiger partial charge < -0.3 is 35.4 Å². The molecule has 2 saturated heterocycles. The minimum atomic E-state index is -0.337. The van der Waals surface area contributed by atoms with Gasteiger partial charge in [-0.05, 0) is 62.6 Å². The molecular formula is C37H41FIN11O2. The Labute approximate surface area is 315 Å². The second kappa shape index (κ2) is 16.2. The molecule has 270 valence electrons. The van der Waals surface area contributed by atoms with Crippen LogP contribution in [0.1, 0.15) is 0 Å². The fourth-order valence-electron chi connectivity index (χ4n) is 6.22. The van der Waals surface area contributed by atoms with E-state index in [1.54, 1.807) is 6.07 Å². The number of ether oxygens (including phenoxy) is 1. The van der Waals surface area contributed by atoms with Crippen LogP contribution in [0.2, 0.25) is 0 Å². The van der Waals surface area contributed by atoms with Gasteiger partial charge in [0, 0.05) is 103 Å². The average Bonchev–Trinajstić information content (AvgIpc) is 3.54. The minimum Gasteiger partial charge on any atom is -0.378 e. The van der Waals surface area contributed by atoms with Crippen LogP contribution < -0.4 is 25.8 Å². The molecule has 0 atom stereocenters. The number of hydrogen-bond acceptors (Lipinski definition) is 11. The minimum absolute atomic E-state index is 0.234. The van der Waals surface area contributed by atoms with Crippen LogP contribution >= 0.6 is 22.9 Å². The topological polar surface area (TPSA) is 130 Å². The molecule has 0 spiro atoms. The molecule has 0 bridgehead atoms. The molecule has 52 heavy (non-hydrogen) atoms. The van der Waals surface area contributed by atoms with Crippen LogP contribution in [-0.2, 0) is 9.53 Å². The average molecular weight is 818 g/mol. The molecule has 0 saturated carbocycles. The number of nitrogens with zero attached hydrogens (tertiary/aromatic N) is 7. The number of amides is 1. The van der Waals surface area contributed by atoms with Gasteiger partial charge in [-0.1, -0.05) is 24.3 Å². The molecule has 0 radical (unpaired) electrons. The fourth-order valence-corrected chi connectivity index (χ4v) is 6.65. The lowest BCUT2D eigenvalue weighted by atomic mass is 10.1. The summed E-state index contributed by atoms with van der Waals surface area (Å²) >= 11 is 2.37. The van der Waals surface area contributed by atoms with Crippen LogP contribution in [0.4, 0.5) is 44.6 Å². The summed E-state index contributed by atoms with van der Waals surface area (Å²) in [6.07, 6.45) is 3.33. The summed E-state index contributed by atoms with van der Waals surface area (Å²) in [4.78, 5) is 28.9. The molecule has 2 aliphatic rings. The first kappa shape index (κ1) is 35.6. The molecule has 2 fully saturated rings. The second-order valence-corrected chi connectivity index (χ2v) is 14.3. The van der Waals surface area contributed by atoms with Gasteiger partial charge in [-0.25, -0.2) is 12.5 Å². The number of halogens is 2. The Balaban J connectivity index is 1.22. The largest absolute Gasteiger partial charge is 0.378 e. The van der Waals surface area contributed by atoms with Crippen molar-refractivity contribution >= 4 is 80.0 Å². The lowest BCUT2D eigenvalue weighted by molar-refractivity contribution is -0.111. The van der Waals surface area contributed by atoms with Crippen molar-refractivity contribution in [3.05, 3.63) is 84.7 Å². The van der Waals surface area contributed by atoms with Gasteiger partial charge in [-0.3, -0.25) is 9.89 Å². The van der Waals surface area contributed by atoms with Gasteiger partial charge in [0.15, 0.2) is 11.5 Å². The number of carbonyl (C=O) groups is 1. The van der Waals surface area contributed by atoms with E-state index in [0.29, 0.717) is 78.4 Å². The van der Waals surface area contributed by atoms with Crippen molar-refractivity contribution in [3.8, 4) is 11.3 Å². The highest BCUT2D eigenvalue weighted by Gasteiger charge is 2.21. The Morgan fingerprint density at radius 1 is 0.923 bits per heavy atom. The van der Waals surface area contributed by atoms with E-state index in [-0.39, 0.29) is 11.7 Å². The summed E-state index contributed by atoms with van der Waals surface area (Å²) < 4.78 is 23.1. The summed E-state index contributed by atoms with van der Waals surface area (Å²) in [6, 6.07) is 20.8. The number of aromatic nitrogens is 4. The van der Waals surface area contributed by atoms with Crippen molar-refractivity contribution < 1.29 is 13.9 Å². The molecule has 4 N–H and O–H groups in total. The van der Waals surface area contributed by atoms with E-state index in [1.165, 1.54) is 12.1 Å². The Morgan fingerprint density at radius 3 is 2.48 bits per heavy atom. The standard InChI is InChI=1S/C37H41FIN11O2/c1-47(2)13-5-10-32(51)40-26-7-3-6-25(22-26)34-33-35(41-28-11-12-31(30(38)24-28)49-18-20-52-21-19-49)45-46-36(33)44-37(43-34)42-27-8-4-9-29(23-27)48-14-16-50(39)17-15-48/h3-12,22-24H,13-21H2,1-2H3,(H,40,51)(H3,41,42,43,44,45,46)/b10-5+. The molecular weight excluding hydrogens is 776 g/mol. The van der Waals surface area contributed by atoms with Crippen LogP contribution in [0, 0.1) is 5.82 Å². The molecule has 0 unspecified atom stereocenters. The van der Waals surface area contributed by atoms with Crippen molar-refractivity contribution in [2.24, 2.45) is 0 Å². The molecule has 4 heterocycles. The monoisotopic (exact) mass is 817 g/mol. The van der Waals surface area contributed by atoms with E-state index < -0.39 is 0 Å². The molecule has 3 aromatic carbocycles. The molecule has 2 aromatic heterocycles. The molecule has 13 nitrogen and oxygen atoms in total. The zero-order chi connectivity index (χ0) is 36.0. The van der Waals surface area contributed by atoms with Gasteiger partial charge in [-0.2, -0.15) is 10.1 Å². The number of H-pyrrole nitrogens is 1. The maximum Gasteiger partial charge on any atom is 0.248 e. The summed E-state index contributed by atoms with van der Waals surface area (Å²) in [5.74, 6) is 0.236. The van der Waals surface area contributed by atoms with E-state index in [0.717, 1.165) is 43.1 Å². The van der Waals surface area contributed by atoms with Crippen LogP contribution in [0.5, 0.6) is 0 Å². The fraction of sp³-hybridized carbons (Fsp3) is 0.297. The highest BCUT2D eigenvalue weighted by molar-refractivity contribution is 14.1. The van der Waals surface area contributed by atoms with Crippen molar-refractivity contribution in [1.29, 1.82) is 0 Å². The third-order valence-corrected chi connectivity index (χ3v) is 9.78. The molecule has 15 heteroatoms. The van der Waals surface area contributed by atoms with Crippen LogP contribution in [0.3, 0.4) is 0 Å². The van der Waals surface area contributed by atoms with E-state index in [2.05, 4.69) is 69.2 Å². The first-order valence-corrected chi connectivity index (χ1v) is 18.2. The Kier molecular flexibility index (Phi) is 11.1. The number of piperazine rings is 1. The van der Waals surface area contributed by atoms with E-state index in [4.69, 9.17) is 14.7 Å². The van der Waals surface area contributed by atoms with Gasteiger partial charge in [0.25, 0.3) is 0 Å². The van der Waals surface area contributed by atoms with Gasteiger partial charge in [0.2, 0.25) is 11.9 Å². The maximum atomic E-state index is 15.4. The Morgan fingerprint density at radius 2 is 1.69 bits per heavy atom. The van der Waals surface area contributed by atoms with E-state index >= 15 is 4.39 Å². The lowest BCUT2D eigenvalue weighted by Gasteiger charge is -2.33. The number of likely N-dealkylation sites (N-methyl/N-ethyl adjacent to an activating group) is 1. The van der Waals surface area contributed by atoms with Gasteiger partial charge in [0.1, 0.15) is 5.82 Å². The zero-order valence-electron chi connectivity index (χ0n) is 29.1. The van der Waals surface area contributed by atoms with E-state index in [9.17, 15) is 4.79 Å². The smallest absolute Gasteiger partial charge is 0.248 e. The summed E-state index contributed by atoms with van der Waals surface area (Å²) in [7, 11) is 3.88. The van der Waals surface area contributed by atoms with Gasteiger partial charge in [-0.15, -0.1) is 0 Å². The number of benzene rings is 3. The number of aromatic amines is 1. The lowest BCUT2D eigenvalue weighted by Crippen LogP contribution is -2.42. The molecule has 7 rings (SSSR count). The molecule has 1 amide bonds. The number of morpholine rings is 1. The molecule has 0 aliphatic carbocycles. The number of fused-ring (bicyclic) bond motifs is 1. The number of nitrogens with one attached hydrogen (secondary N) is 4. The summed E-state index contributed by atoms with van der Waals surface area (Å²) in [6.45, 7) is 6.93. The quantitative estimate of drug-likeness (QED) is 0.0711. The number of carbonyl (C=O) groups excluding carboxylic acids is 1. The Hall–Kier alpha value is -4.84. The first-order valence-electron chi connectivity index (χ1n) is 17.2. The van der Waals surface area contributed by atoms with Crippen molar-refractivity contribution in [2.45, 2.75) is 0 Å². The predicted molar refractivity (Wildman–Crippen MR) is 214 cm³/mol. The van der Waals surface area contributed by atoms with Crippen molar-refractivity contribution in [1.82, 2.24) is 28.2 Å². The van der Waals surface area contributed by atoms with Gasteiger partial charge in [0.05, 0.1) is 30.0 Å². The highest BCUT2D eigenvalue weighted by atomic mass is 127. The second-order valence-electron chi connectivity index (χ2n) is 12.9. The Bertz CT molecular complexity index is 2060. The number of rotatable bonds is 11. The number of anilines is 7.